The Morgan fingerprint density at radius 3 is 2.97 bits per heavy atom. The number of hydrogen-bond donors (Lipinski definition) is 3. The van der Waals surface area contributed by atoms with Gasteiger partial charge in [0.25, 0.3) is 5.91 Å². The molecule has 2 aromatic rings. The van der Waals surface area contributed by atoms with Crippen LogP contribution >= 0.6 is 11.9 Å². The summed E-state index contributed by atoms with van der Waals surface area (Å²) < 4.78 is 36.5. The average molecular weight is 448 g/mol. The highest BCUT2D eigenvalue weighted by Crippen LogP contribution is 2.44. The first-order valence-corrected chi connectivity index (χ1v) is 10.8. The summed E-state index contributed by atoms with van der Waals surface area (Å²) >= 11 is 1.41. The van der Waals surface area contributed by atoms with Crippen LogP contribution in [0.5, 0.6) is 0 Å². The Kier molecular flexibility index (Phi) is 5.85. The van der Waals surface area contributed by atoms with Crippen LogP contribution in [0.15, 0.2) is 30.5 Å². The van der Waals surface area contributed by atoms with Crippen LogP contribution in [0.3, 0.4) is 0 Å². The number of nitrogens with one attached hydrogen (secondary N) is 3. The molecule has 1 unspecified atom stereocenters. The number of amides is 1. The summed E-state index contributed by atoms with van der Waals surface area (Å²) in [6, 6.07) is 5.52. The van der Waals surface area contributed by atoms with Crippen molar-refractivity contribution in [2.24, 2.45) is 0 Å². The van der Waals surface area contributed by atoms with Crippen molar-refractivity contribution in [2.45, 2.75) is 30.6 Å². The molecule has 2 aliphatic heterocycles. The van der Waals surface area contributed by atoms with Crippen molar-refractivity contribution in [3.05, 3.63) is 58.9 Å². The number of pyridine rings is 1. The number of guanidine groups is 1. The molecule has 10 heteroatoms. The zero-order valence-corrected chi connectivity index (χ0v) is 18.0. The smallest absolute Gasteiger partial charge is 0.277 e. The number of halogens is 2. The van der Waals surface area contributed by atoms with Crippen molar-refractivity contribution in [1.82, 2.24) is 14.6 Å². The number of rotatable bonds is 4. The second kappa shape index (κ2) is 8.43. The van der Waals surface area contributed by atoms with E-state index in [1.54, 1.807) is 11.4 Å². The topological polar surface area (TPSA) is 90.3 Å². The third-order valence-corrected chi connectivity index (χ3v) is 6.92. The van der Waals surface area contributed by atoms with Gasteiger partial charge in [0, 0.05) is 31.1 Å². The summed E-state index contributed by atoms with van der Waals surface area (Å²) in [5.41, 5.74) is 0.164. The van der Waals surface area contributed by atoms with Crippen molar-refractivity contribution in [3.8, 4) is 0 Å². The van der Waals surface area contributed by atoms with E-state index in [0.29, 0.717) is 42.9 Å². The van der Waals surface area contributed by atoms with Crippen LogP contribution < -0.4 is 10.6 Å². The molecule has 0 spiro atoms. The predicted molar refractivity (Wildman–Crippen MR) is 115 cm³/mol. The third-order valence-electron chi connectivity index (χ3n) is 5.63. The number of nitrogens with zero attached hydrogens (tertiary/aromatic N) is 2. The molecule has 7 nitrogen and oxygen atoms in total. The van der Waals surface area contributed by atoms with Crippen molar-refractivity contribution in [2.75, 3.05) is 25.6 Å². The van der Waals surface area contributed by atoms with Gasteiger partial charge >= 0.3 is 0 Å². The monoisotopic (exact) mass is 447 g/mol. The molecule has 1 aromatic carbocycles. The fourth-order valence-corrected chi connectivity index (χ4v) is 5.05. The van der Waals surface area contributed by atoms with Crippen molar-refractivity contribution in [3.63, 3.8) is 0 Å². The van der Waals surface area contributed by atoms with E-state index in [9.17, 15) is 13.6 Å². The number of aromatic nitrogens is 1. The summed E-state index contributed by atoms with van der Waals surface area (Å²) in [7, 11) is 1.76. The highest BCUT2D eigenvalue weighted by molar-refractivity contribution is 7.98. The molecule has 0 bridgehead atoms. The molecule has 0 aliphatic carbocycles. The van der Waals surface area contributed by atoms with Crippen LogP contribution in [0.1, 0.15) is 35.0 Å². The number of ether oxygens (including phenoxy) is 1. The Balaban J connectivity index is 1.65. The first-order chi connectivity index (χ1) is 14.8. The average Bonchev–Trinajstić information content (AvgIpc) is 2.75. The van der Waals surface area contributed by atoms with E-state index in [1.165, 1.54) is 42.4 Å². The highest BCUT2D eigenvalue weighted by Gasteiger charge is 2.49. The Hall–Kier alpha value is -2.72. The van der Waals surface area contributed by atoms with Crippen molar-refractivity contribution in [1.29, 1.82) is 5.41 Å². The van der Waals surface area contributed by atoms with Gasteiger partial charge in [0.2, 0.25) is 5.96 Å². The van der Waals surface area contributed by atoms with Crippen LogP contribution in [-0.4, -0.2) is 46.7 Å². The fraction of sp³-hybridized carbons (Fsp3) is 0.381. The number of carbonyl (C=O) groups is 1. The van der Waals surface area contributed by atoms with Crippen LogP contribution in [0.4, 0.5) is 14.5 Å². The number of aryl methyl sites for hydroxylation is 1. The van der Waals surface area contributed by atoms with Gasteiger partial charge in [-0.2, -0.15) is 0 Å². The van der Waals surface area contributed by atoms with Gasteiger partial charge in [0.15, 0.2) is 11.5 Å². The molecule has 164 valence electrons. The maximum absolute atomic E-state index is 15.0. The molecule has 2 atom stereocenters. The summed E-state index contributed by atoms with van der Waals surface area (Å²) in [4.78, 5) is 16.5. The number of benzene rings is 1. The molecular formula is C21H23F2N5O2S. The minimum absolute atomic E-state index is 0.165. The minimum Gasteiger partial charge on any atom is -0.380 e. The molecule has 3 N–H and O–H groups in total. The van der Waals surface area contributed by atoms with Gasteiger partial charge in [0.05, 0.1) is 17.4 Å². The van der Waals surface area contributed by atoms with Crippen LogP contribution in [0, 0.1) is 17.0 Å². The lowest BCUT2D eigenvalue weighted by molar-refractivity contribution is 0.0457. The van der Waals surface area contributed by atoms with Crippen LogP contribution in [0.2, 0.25) is 0 Å². The molecule has 4 rings (SSSR count). The highest BCUT2D eigenvalue weighted by atomic mass is 32.2. The lowest BCUT2D eigenvalue weighted by Gasteiger charge is -2.50. The quantitative estimate of drug-likeness (QED) is 0.624. The molecule has 2 saturated heterocycles. The first-order valence-electron chi connectivity index (χ1n) is 9.95. The van der Waals surface area contributed by atoms with Crippen LogP contribution in [-0.2, 0) is 16.7 Å². The lowest BCUT2D eigenvalue weighted by Crippen LogP contribution is -2.63. The van der Waals surface area contributed by atoms with E-state index in [-0.39, 0.29) is 16.9 Å². The Labute approximate surface area is 183 Å². The van der Waals surface area contributed by atoms with E-state index < -0.39 is 23.1 Å². The van der Waals surface area contributed by atoms with E-state index in [4.69, 9.17) is 10.1 Å². The molecule has 0 radical (unpaired) electrons. The normalized spacial score (nSPS) is 23.2. The van der Waals surface area contributed by atoms with Gasteiger partial charge in [-0.1, -0.05) is 6.92 Å². The van der Waals surface area contributed by atoms with Crippen molar-refractivity contribution < 1.29 is 18.3 Å². The summed E-state index contributed by atoms with van der Waals surface area (Å²) in [5, 5.41) is 13.8. The summed E-state index contributed by atoms with van der Waals surface area (Å²) in [5.74, 6) is -1.70. The molecule has 31 heavy (non-hydrogen) atoms. The zero-order chi connectivity index (χ0) is 22.2. The largest absolute Gasteiger partial charge is 0.380 e. The Bertz CT molecular complexity index is 1040. The molecule has 3 heterocycles. The molecule has 2 aliphatic rings. The summed E-state index contributed by atoms with van der Waals surface area (Å²) in [6.07, 6.45) is 2.53. The lowest BCUT2D eigenvalue weighted by atomic mass is 9.81. The number of carbonyl (C=O) groups excluding carboxylic acids is 1. The molecular weight excluding hydrogens is 424 g/mol. The van der Waals surface area contributed by atoms with Gasteiger partial charge in [0.1, 0.15) is 5.82 Å². The number of fused-ring (bicyclic) bond motifs is 1. The third kappa shape index (κ3) is 3.97. The Morgan fingerprint density at radius 1 is 1.42 bits per heavy atom. The van der Waals surface area contributed by atoms with E-state index in [0.717, 1.165) is 0 Å². The van der Waals surface area contributed by atoms with Gasteiger partial charge in [-0.15, -0.1) is 0 Å². The standard InChI is InChI=1S/C21H23F2N5O2S/c1-3-12-8-16(23)18(25-10-12)19(29)26-13-4-5-15(22)14(9-13)21-6-7-30-11-17(21)31-28(2)20(24)27-21/h4-5,8-10,17H,3,6-7,11H2,1-2H3,(H2,24,27)(H,26,29)/t17?,21-/m1/s1. The molecule has 1 amide bonds. The molecule has 1 aromatic heterocycles. The molecule has 0 saturated carbocycles. The predicted octanol–water partition coefficient (Wildman–Crippen LogP) is 3.28. The van der Waals surface area contributed by atoms with E-state index >= 15 is 0 Å². The number of hydrogen-bond acceptors (Lipinski definition) is 5. The number of anilines is 1. The second-order valence-corrected chi connectivity index (χ2v) is 8.87. The van der Waals surface area contributed by atoms with Gasteiger partial charge < -0.3 is 15.4 Å². The Morgan fingerprint density at radius 2 is 2.23 bits per heavy atom. The van der Waals surface area contributed by atoms with Crippen LogP contribution in [0.25, 0.3) is 0 Å². The SMILES string of the molecule is CCc1cnc(C(=O)Nc2ccc(F)c([C@]34CCOCC3SN(C)C(=N)N4)c2)c(F)c1. The zero-order valence-electron chi connectivity index (χ0n) is 17.2. The van der Waals surface area contributed by atoms with Crippen molar-refractivity contribution >= 4 is 29.5 Å². The summed E-state index contributed by atoms with van der Waals surface area (Å²) in [6.45, 7) is 2.68. The van der Waals surface area contributed by atoms with Gasteiger partial charge in [-0.3, -0.25) is 14.5 Å². The maximum atomic E-state index is 15.0. The van der Waals surface area contributed by atoms with E-state index in [2.05, 4.69) is 15.6 Å². The first kappa shape index (κ1) is 21.5. The van der Waals surface area contributed by atoms with E-state index in [1.807, 2.05) is 6.92 Å². The van der Waals surface area contributed by atoms with Gasteiger partial charge in [-0.05, 0) is 54.6 Å². The molecule has 2 fully saturated rings. The fourth-order valence-electron chi connectivity index (χ4n) is 3.87. The minimum atomic E-state index is -0.858. The van der Waals surface area contributed by atoms with Gasteiger partial charge in [-0.25, -0.2) is 13.8 Å². The maximum Gasteiger partial charge on any atom is 0.277 e. The second-order valence-electron chi connectivity index (χ2n) is 7.54.